The average Bonchev–Trinajstić information content (AvgIpc) is 3.09. The normalized spacial score (nSPS) is 11.5. The Balaban J connectivity index is 1.85. The van der Waals surface area contributed by atoms with Crippen LogP contribution >= 0.6 is 11.3 Å². The van der Waals surface area contributed by atoms with Gasteiger partial charge in [0.2, 0.25) is 0 Å². The van der Waals surface area contributed by atoms with Crippen LogP contribution in [-0.4, -0.2) is 24.4 Å². The van der Waals surface area contributed by atoms with Crippen molar-refractivity contribution in [1.82, 2.24) is 5.32 Å². The van der Waals surface area contributed by atoms with Crippen LogP contribution in [0.1, 0.15) is 34.5 Å². The van der Waals surface area contributed by atoms with Gasteiger partial charge in [-0.05, 0) is 23.4 Å². The molecule has 1 N–H and O–H groups in total. The van der Waals surface area contributed by atoms with Gasteiger partial charge < -0.3 is 4.74 Å². The number of thiophene rings is 1. The molecule has 6 heteroatoms. The summed E-state index contributed by atoms with van der Waals surface area (Å²) in [7, 11) is 0. The number of rotatable bonds is 6. The Morgan fingerprint density at radius 2 is 1.87 bits per heavy atom. The van der Waals surface area contributed by atoms with Crippen molar-refractivity contribution in [2.75, 3.05) is 6.61 Å². The average molecular weight is 331 g/mol. The summed E-state index contributed by atoms with van der Waals surface area (Å²) in [5.74, 6) is -2.02. The van der Waals surface area contributed by atoms with E-state index < -0.39 is 30.3 Å². The number of imide groups is 1. The van der Waals surface area contributed by atoms with Crippen molar-refractivity contribution in [3.63, 3.8) is 0 Å². The fourth-order valence-corrected chi connectivity index (χ4v) is 2.71. The van der Waals surface area contributed by atoms with Crippen LogP contribution in [-0.2, 0) is 14.3 Å². The van der Waals surface area contributed by atoms with E-state index in [9.17, 15) is 14.4 Å². The summed E-state index contributed by atoms with van der Waals surface area (Å²) >= 11 is 1.23. The Bertz CT molecular complexity index is 667. The minimum Gasteiger partial charge on any atom is -0.455 e. The lowest BCUT2D eigenvalue weighted by atomic mass is 9.97. The van der Waals surface area contributed by atoms with Crippen LogP contribution in [0.3, 0.4) is 0 Å². The summed E-state index contributed by atoms with van der Waals surface area (Å²) in [6.45, 7) is 1.40. The number of hydrogen-bond acceptors (Lipinski definition) is 5. The second-order valence-electron chi connectivity index (χ2n) is 4.83. The minimum absolute atomic E-state index is 0.419. The molecule has 1 heterocycles. The first kappa shape index (κ1) is 16.9. The lowest BCUT2D eigenvalue weighted by Gasteiger charge is -2.14. The van der Waals surface area contributed by atoms with Crippen LogP contribution in [0.25, 0.3) is 0 Å². The van der Waals surface area contributed by atoms with Gasteiger partial charge in [0, 0.05) is 0 Å². The Kier molecular flexibility index (Phi) is 6.05. The van der Waals surface area contributed by atoms with Crippen molar-refractivity contribution in [1.29, 1.82) is 0 Å². The zero-order valence-corrected chi connectivity index (χ0v) is 13.5. The highest BCUT2D eigenvalue weighted by Crippen LogP contribution is 2.20. The zero-order valence-electron chi connectivity index (χ0n) is 12.7. The molecule has 0 bridgehead atoms. The van der Waals surface area contributed by atoms with Crippen molar-refractivity contribution in [2.45, 2.75) is 19.3 Å². The Hall–Kier alpha value is -2.47. The van der Waals surface area contributed by atoms with Gasteiger partial charge in [0.15, 0.2) is 6.61 Å². The molecular formula is C17H17NO4S. The maximum absolute atomic E-state index is 12.1. The van der Waals surface area contributed by atoms with E-state index in [-0.39, 0.29) is 0 Å². The van der Waals surface area contributed by atoms with E-state index in [2.05, 4.69) is 5.32 Å². The molecule has 120 valence electrons. The SMILES string of the molecule is CC[C@H](C(=O)OCC(=O)NC(=O)c1cccs1)c1ccccc1. The largest absolute Gasteiger partial charge is 0.455 e. The highest BCUT2D eigenvalue weighted by Gasteiger charge is 2.21. The Morgan fingerprint density at radius 1 is 1.13 bits per heavy atom. The van der Waals surface area contributed by atoms with Crippen LogP contribution in [0.5, 0.6) is 0 Å². The van der Waals surface area contributed by atoms with Gasteiger partial charge in [-0.15, -0.1) is 11.3 Å². The van der Waals surface area contributed by atoms with E-state index in [4.69, 9.17) is 4.74 Å². The molecule has 2 aromatic rings. The lowest BCUT2D eigenvalue weighted by Crippen LogP contribution is -2.34. The smallest absolute Gasteiger partial charge is 0.313 e. The number of carbonyl (C=O) groups is 3. The van der Waals surface area contributed by atoms with E-state index in [1.165, 1.54) is 11.3 Å². The molecule has 1 aromatic carbocycles. The molecule has 0 aliphatic rings. The first-order valence-corrected chi connectivity index (χ1v) is 8.09. The summed E-state index contributed by atoms with van der Waals surface area (Å²) in [6, 6.07) is 12.6. The third-order valence-electron chi connectivity index (χ3n) is 3.24. The number of benzene rings is 1. The van der Waals surface area contributed by atoms with Gasteiger partial charge in [-0.1, -0.05) is 43.3 Å². The van der Waals surface area contributed by atoms with Gasteiger partial charge in [0.05, 0.1) is 10.8 Å². The summed E-state index contributed by atoms with van der Waals surface area (Å²) in [5.41, 5.74) is 0.843. The summed E-state index contributed by atoms with van der Waals surface area (Å²) in [4.78, 5) is 35.9. The van der Waals surface area contributed by atoms with Gasteiger partial charge in [0.25, 0.3) is 11.8 Å². The molecule has 0 spiro atoms. The predicted molar refractivity (Wildman–Crippen MR) is 87.2 cm³/mol. The first-order valence-electron chi connectivity index (χ1n) is 7.21. The van der Waals surface area contributed by atoms with Crippen LogP contribution in [0.4, 0.5) is 0 Å². The topological polar surface area (TPSA) is 72.5 Å². The predicted octanol–water partition coefficient (Wildman–Crippen LogP) is 2.74. The molecule has 0 unspecified atom stereocenters. The summed E-state index contributed by atoms with van der Waals surface area (Å²) in [5, 5.41) is 3.93. The molecule has 2 rings (SSSR count). The quantitative estimate of drug-likeness (QED) is 0.826. The van der Waals surface area contributed by atoms with Gasteiger partial charge in [0.1, 0.15) is 0 Å². The number of ether oxygens (including phenoxy) is 1. The molecule has 2 amide bonds. The zero-order chi connectivity index (χ0) is 16.7. The highest BCUT2D eigenvalue weighted by molar-refractivity contribution is 7.12. The number of esters is 1. The molecule has 1 aromatic heterocycles. The van der Waals surface area contributed by atoms with Crippen LogP contribution in [0, 0.1) is 0 Å². The van der Waals surface area contributed by atoms with Crippen molar-refractivity contribution in [3.05, 3.63) is 58.3 Å². The molecule has 1 atom stereocenters. The van der Waals surface area contributed by atoms with Crippen molar-refractivity contribution >= 4 is 29.1 Å². The molecule has 23 heavy (non-hydrogen) atoms. The second-order valence-corrected chi connectivity index (χ2v) is 5.78. The van der Waals surface area contributed by atoms with Crippen LogP contribution < -0.4 is 5.32 Å². The molecular weight excluding hydrogens is 314 g/mol. The third kappa shape index (κ3) is 4.75. The summed E-state index contributed by atoms with van der Waals surface area (Å²) < 4.78 is 5.03. The highest BCUT2D eigenvalue weighted by atomic mass is 32.1. The molecule has 0 aliphatic carbocycles. The van der Waals surface area contributed by atoms with Crippen LogP contribution in [0.2, 0.25) is 0 Å². The number of carbonyl (C=O) groups excluding carboxylic acids is 3. The molecule has 0 radical (unpaired) electrons. The third-order valence-corrected chi connectivity index (χ3v) is 4.11. The van der Waals surface area contributed by atoms with Gasteiger partial charge >= 0.3 is 5.97 Å². The molecule has 0 saturated carbocycles. The Labute approximate surface area is 138 Å². The van der Waals surface area contributed by atoms with E-state index in [0.717, 1.165) is 5.56 Å². The van der Waals surface area contributed by atoms with Crippen molar-refractivity contribution < 1.29 is 19.1 Å². The fraction of sp³-hybridized carbons (Fsp3) is 0.235. The van der Waals surface area contributed by atoms with Crippen molar-refractivity contribution in [2.24, 2.45) is 0 Å². The Morgan fingerprint density at radius 3 is 2.48 bits per heavy atom. The fourth-order valence-electron chi connectivity index (χ4n) is 2.09. The van der Waals surface area contributed by atoms with E-state index in [1.54, 1.807) is 17.5 Å². The molecule has 0 aliphatic heterocycles. The van der Waals surface area contributed by atoms with Crippen LogP contribution in [0.15, 0.2) is 47.8 Å². The number of amides is 2. The monoisotopic (exact) mass is 331 g/mol. The van der Waals surface area contributed by atoms with E-state index >= 15 is 0 Å². The second kappa shape index (κ2) is 8.24. The van der Waals surface area contributed by atoms with Gasteiger partial charge in [-0.2, -0.15) is 0 Å². The van der Waals surface area contributed by atoms with Gasteiger partial charge in [-0.25, -0.2) is 0 Å². The number of hydrogen-bond donors (Lipinski definition) is 1. The number of nitrogens with one attached hydrogen (secondary N) is 1. The van der Waals surface area contributed by atoms with E-state index in [0.29, 0.717) is 11.3 Å². The maximum Gasteiger partial charge on any atom is 0.313 e. The lowest BCUT2D eigenvalue weighted by molar-refractivity contribution is -0.149. The molecule has 0 saturated heterocycles. The minimum atomic E-state index is -0.639. The van der Waals surface area contributed by atoms with E-state index in [1.807, 2.05) is 37.3 Å². The summed E-state index contributed by atoms with van der Waals surface area (Å²) in [6.07, 6.45) is 0.568. The molecule has 5 nitrogen and oxygen atoms in total. The standard InChI is InChI=1S/C17H17NO4S/c1-2-13(12-7-4-3-5-8-12)17(21)22-11-15(19)18-16(20)14-9-6-10-23-14/h3-10,13H,2,11H2,1H3,(H,18,19,20)/t13-/m0/s1. The van der Waals surface area contributed by atoms with Gasteiger partial charge in [-0.3, -0.25) is 19.7 Å². The van der Waals surface area contributed by atoms with Crippen molar-refractivity contribution in [3.8, 4) is 0 Å². The molecule has 0 fully saturated rings. The maximum atomic E-state index is 12.1. The first-order chi connectivity index (χ1) is 11.1.